The molecule has 0 heterocycles. The molecule has 15 nitrogen and oxygen atoms in total. The van der Waals surface area contributed by atoms with Crippen LogP contribution >= 0.6 is 0 Å². The SMILES string of the molecule is CC(CCNCCCCNC(=O)C(F)C(=O)NCCCCCCN=C(NC(=O)O)NC(=O)OC(C)(C)C)NC(=O)O. The van der Waals surface area contributed by atoms with Gasteiger partial charge in [-0.1, -0.05) is 12.8 Å². The first-order valence-electron chi connectivity index (χ1n) is 13.6. The molecule has 0 bridgehead atoms. The van der Waals surface area contributed by atoms with Crippen LogP contribution in [0.4, 0.5) is 18.8 Å². The second kappa shape index (κ2) is 21.1. The van der Waals surface area contributed by atoms with Gasteiger partial charge in [0.05, 0.1) is 0 Å². The van der Waals surface area contributed by atoms with Crippen LogP contribution in [0, 0.1) is 0 Å². The monoisotopic (exact) mass is 591 g/mol. The van der Waals surface area contributed by atoms with Gasteiger partial charge in [0.1, 0.15) is 5.60 Å². The Labute approximate surface area is 239 Å². The van der Waals surface area contributed by atoms with E-state index in [2.05, 4.69) is 31.6 Å². The number of guanidine groups is 1. The number of ether oxygens (including phenoxy) is 1. The zero-order valence-electron chi connectivity index (χ0n) is 24.3. The maximum absolute atomic E-state index is 14.1. The Bertz CT molecular complexity index is 867. The van der Waals surface area contributed by atoms with E-state index in [-0.39, 0.29) is 31.6 Å². The van der Waals surface area contributed by atoms with E-state index >= 15 is 0 Å². The average Bonchev–Trinajstić information content (AvgIpc) is 2.84. The summed E-state index contributed by atoms with van der Waals surface area (Å²) in [6.07, 6.45) is -1.20. The predicted octanol–water partition coefficient (Wildman–Crippen LogP) is 1.68. The minimum atomic E-state index is -2.30. The van der Waals surface area contributed by atoms with Crippen molar-refractivity contribution >= 4 is 36.1 Å². The van der Waals surface area contributed by atoms with Gasteiger partial charge < -0.3 is 36.2 Å². The molecule has 8 N–H and O–H groups in total. The first-order chi connectivity index (χ1) is 19.2. The molecule has 0 spiro atoms. The maximum atomic E-state index is 14.1. The van der Waals surface area contributed by atoms with E-state index in [1.165, 1.54) is 0 Å². The highest BCUT2D eigenvalue weighted by molar-refractivity contribution is 6.03. The van der Waals surface area contributed by atoms with Gasteiger partial charge in [-0.05, 0) is 72.9 Å². The number of carbonyl (C=O) groups excluding carboxylic acids is 3. The van der Waals surface area contributed by atoms with E-state index in [4.69, 9.17) is 14.9 Å². The zero-order chi connectivity index (χ0) is 31.3. The van der Waals surface area contributed by atoms with E-state index in [1.54, 1.807) is 27.7 Å². The Morgan fingerprint density at radius 2 is 1.37 bits per heavy atom. The van der Waals surface area contributed by atoms with Crippen molar-refractivity contribution < 1.29 is 43.3 Å². The van der Waals surface area contributed by atoms with E-state index in [0.717, 1.165) is 0 Å². The Kier molecular flexibility index (Phi) is 19.2. The van der Waals surface area contributed by atoms with Gasteiger partial charge in [-0.3, -0.25) is 25.2 Å². The number of alkyl halides is 1. The molecule has 0 saturated carbocycles. The minimum Gasteiger partial charge on any atom is -0.465 e. The predicted molar refractivity (Wildman–Crippen MR) is 150 cm³/mol. The van der Waals surface area contributed by atoms with E-state index < -0.39 is 41.9 Å². The fourth-order valence-corrected chi connectivity index (χ4v) is 3.22. The molecule has 0 aliphatic carbocycles. The third-order valence-corrected chi connectivity index (χ3v) is 5.16. The zero-order valence-corrected chi connectivity index (χ0v) is 24.3. The lowest BCUT2D eigenvalue weighted by Crippen LogP contribution is -2.45. The lowest BCUT2D eigenvalue weighted by Gasteiger charge is -2.20. The smallest absolute Gasteiger partial charge is 0.414 e. The third-order valence-electron chi connectivity index (χ3n) is 5.16. The van der Waals surface area contributed by atoms with Crippen LogP contribution in [-0.4, -0.2) is 96.8 Å². The molecule has 5 amide bonds. The fraction of sp³-hybridized carbons (Fsp3) is 0.760. The number of carboxylic acid groups (broad SMARTS) is 2. The molecule has 0 aliphatic heterocycles. The topological polar surface area (TPSA) is 220 Å². The number of carbonyl (C=O) groups is 5. The van der Waals surface area contributed by atoms with Crippen molar-refractivity contribution in [1.29, 1.82) is 0 Å². The summed E-state index contributed by atoms with van der Waals surface area (Å²) in [6, 6.07) is -0.161. The summed E-state index contributed by atoms with van der Waals surface area (Å²) < 4.78 is 19.1. The second-order valence-corrected chi connectivity index (χ2v) is 10.2. The molecule has 0 aromatic heterocycles. The summed E-state index contributed by atoms with van der Waals surface area (Å²) in [5, 5.41) is 32.0. The molecule has 2 unspecified atom stereocenters. The van der Waals surface area contributed by atoms with Crippen molar-refractivity contribution in [2.24, 2.45) is 4.99 Å². The number of hydrogen-bond donors (Lipinski definition) is 8. The lowest BCUT2D eigenvalue weighted by atomic mass is 10.2. The molecule has 0 radical (unpaired) electrons. The molecule has 0 rings (SSSR count). The molecule has 41 heavy (non-hydrogen) atoms. The Morgan fingerprint density at radius 3 is 1.93 bits per heavy atom. The van der Waals surface area contributed by atoms with Gasteiger partial charge in [-0.2, -0.15) is 0 Å². The maximum Gasteiger partial charge on any atom is 0.414 e. The Morgan fingerprint density at radius 1 is 0.805 bits per heavy atom. The fourth-order valence-electron chi connectivity index (χ4n) is 3.22. The molecule has 16 heteroatoms. The van der Waals surface area contributed by atoms with Crippen LogP contribution in [0.1, 0.15) is 72.6 Å². The number of rotatable bonds is 18. The molecule has 236 valence electrons. The van der Waals surface area contributed by atoms with Gasteiger partial charge >= 0.3 is 18.3 Å². The summed E-state index contributed by atoms with van der Waals surface area (Å²) in [5.74, 6) is -2.25. The number of hydrogen-bond acceptors (Lipinski definition) is 8. The van der Waals surface area contributed by atoms with Gasteiger partial charge in [-0.25, -0.2) is 18.8 Å². The highest BCUT2D eigenvalue weighted by atomic mass is 19.1. The Hall–Kier alpha value is -3.69. The summed E-state index contributed by atoms with van der Waals surface area (Å²) in [6.45, 7) is 8.69. The average molecular weight is 592 g/mol. The van der Waals surface area contributed by atoms with Gasteiger partial charge in [-0.15, -0.1) is 0 Å². The Balaban J connectivity index is 3.99. The number of aliphatic imine (C=N–C) groups is 1. The number of nitrogens with zero attached hydrogens (tertiary/aromatic N) is 1. The first kappa shape index (κ1) is 37.3. The largest absolute Gasteiger partial charge is 0.465 e. The van der Waals surface area contributed by atoms with Crippen LogP contribution < -0.4 is 31.9 Å². The second-order valence-electron chi connectivity index (χ2n) is 10.2. The van der Waals surface area contributed by atoms with Crippen LogP contribution in [-0.2, 0) is 14.3 Å². The van der Waals surface area contributed by atoms with Crippen molar-refractivity contribution in [3.63, 3.8) is 0 Å². The summed E-state index contributed by atoms with van der Waals surface area (Å²) >= 11 is 0. The number of nitrogens with one attached hydrogen (secondary N) is 6. The summed E-state index contributed by atoms with van der Waals surface area (Å²) in [4.78, 5) is 60.9. The van der Waals surface area contributed by atoms with E-state index in [1.807, 2.05) is 5.32 Å². The van der Waals surface area contributed by atoms with Gasteiger partial charge in [0.25, 0.3) is 18.0 Å². The first-order valence-corrected chi connectivity index (χ1v) is 13.6. The highest BCUT2D eigenvalue weighted by Crippen LogP contribution is 2.06. The van der Waals surface area contributed by atoms with Crippen LogP contribution in [0.3, 0.4) is 0 Å². The van der Waals surface area contributed by atoms with Crippen molar-refractivity contribution in [3.05, 3.63) is 0 Å². The van der Waals surface area contributed by atoms with Crippen molar-refractivity contribution in [1.82, 2.24) is 31.9 Å². The molecule has 2 atom stereocenters. The van der Waals surface area contributed by atoms with Crippen molar-refractivity contribution in [2.75, 3.05) is 32.7 Å². The molecular weight excluding hydrogens is 545 g/mol. The molecule has 0 fully saturated rings. The van der Waals surface area contributed by atoms with Crippen molar-refractivity contribution in [3.8, 4) is 0 Å². The number of amides is 5. The van der Waals surface area contributed by atoms with Crippen LogP contribution in [0.25, 0.3) is 0 Å². The van der Waals surface area contributed by atoms with Crippen molar-refractivity contribution in [2.45, 2.75) is 90.5 Å². The number of unbranched alkanes of at least 4 members (excludes halogenated alkanes) is 4. The van der Waals surface area contributed by atoms with Gasteiger partial charge in [0.2, 0.25) is 5.96 Å². The number of halogens is 1. The summed E-state index contributed by atoms with van der Waals surface area (Å²) in [5.41, 5.74) is -0.761. The van der Waals surface area contributed by atoms with Gasteiger partial charge in [0, 0.05) is 25.7 Å². The standard InChI is InChI=1S/C25H46FN7O8/c1-17(31-22(36)37)11-16-27-12-9-10-14-29-20(35)18(26)19(34)28-13-7-5-6-8-15-30-21(32-23(38)39)33-24(40)41-25(2,3)4/h17-18,27,31H,5-16H2,1-4H3,(H,28,34)(H,29,35)(H,36,37)(H,38,39)(H2,30,32,33,40). The van der Waals surface area contributed by atoms with Crippen LogP contribution in [0.2, 0.25) is 0 Å². The molecule has 0 aromatic rings. The van der Waals surface area contributed by atoms with Gasteiger partial charge in [0.15, 0.2) is 0 Å². The molecular formula is C25H46FN7O8. The normalized spacial score (nSPS) is 13.0. The van der Waals surface area contributed by atoms with Crippen LogP contribution in [0.5, 0.6) is 0 Å². The third kappa shape index (κ3) is 22.8. The number of alkyl carbamates (subject to hydrolysis) is 1. The van der Waals surface area contributed by atoms with E-state index in [0.29, 0.717) is 58.0 Å². The quantitative estimate of drug-likeness (QED) is 0.0502. The lowest BCUT2D eigenvalue weighted by molar-refractivity contribution is -0.136. The molecule has 0 aliphatic rings. The van der Waals surface area contributed by atoms with E-state index in [9.17, 15) is 28.4 Å². The molecule has 0 aromatic carbocycles. The van der Waals surface area contributed by atoms with Crippen LogP contribution in [0.15, 0.2) is 4.99 Å². The molecule has 0 saturated heterocycles. The minimum absolute atomic E-state index is 0.161. The summed E-state index contributed by atoms with van der Waals surface area (Å²) in [7, 11) is 0. The highest BCUT2D eigenvalue weighted by Gasteiger charge is 2.25.